The summed E-state index contributed by atoms with van der Waals surface area (Å²) in [6, 6.07) is 25.6. The number of carboxylic acid groups (broad SMARTS) is 1. The minimum Gasteiger partial charge on any atom is -0.465 e. The van der Waals surface area contributed by atoms with Crippen molar-refractivity contribution in [3.63, 3.8) is 0 Å². The number of halogens is 4. The number of rotatable bonds is 18. The molecule has 412 valence electrons. The maximum atomic E-state index is 14.3. The standard InChI is InChI=1S/C54H67ClF3N7O8S3/c1-39-35-63(26-29-65(39)52(67)68)38-53(2)21-19-48(40-9-13-43(55)14-10-40)42(34-53)36-62-24-27-64(28-25-62)45-15-11-41(12-16-45)51(66)60-76(71,72)47-17-18-49(50(33-47)75(69,70)54(56,57)58)59-44(37-74-46-7-4-3-5-8-46)20-23-61-22-6-31-73-32-30-61/h3-5,7-18,33,39,44,59H,6,19-32,34-38H2,1-2H3,(H,60,66)(H,67,68)/t39-,44?,53-/m1/s1. The zero-order valence-electron chi connectivity index (χ0n) is 42.8. The second-order valence-corrected chi connectivity index (χ2v) is 25.7. The Morgan fingerprint density at radius 1 is 0.868 bits per heavy atom. The van der Waals surface area contributed by atoms with Gasteiger partial charge in [0.25, 0.3) is 25.8 Å². The average molecular weight is 1130 g/mol. The molecular formula is C54H67ClF3N7O8S3. The van der Waals surface area contributed by atoms with Crippen LogP contribution in [0.15, 0.2) is 117 Å². The number of benzene rings is 4. The SMILES string of the molecule is C[C@@H]1CN(C[C@]2(C)CCC(c3ccc(Cl)cc3)=C(CN3CCN(c4ccc(C(=O)NS(=O)(=O)c5ccc(NC(CCN6CCCOCC6)CSc6ccccc6)c(S(=O)(=O)C(F)(F)F)c5)cc4)CC3)C2)CCN1C(=O)O. The zero-order chi connectivity index (χ0) is 54.3. The molecule has 1 aliphatic carbocycles. The molecule has 3 atom stereocenters. The number of carbonyl (C=O) groups is 2. The van der Waals surface area contributed by atoms with Crippen molar-refractivity contribution in [2.45, 2.75) is 78.2 Å². The fourth-order valence-corrected chi connectivity index (χ4v) is 13.9. The van der Waals surface area contributed by atoms with E-state index in [0.717, 1.165) is 86.7 Å². The average Bonchev–Trinajstić information content (AvgIpc) is 3.68. The second kappa shape index (κ2) is 24.9. The highest BCUT2D eigenvalue weighted by atomic mass is 35.5. The second-order valence-electron chi connectivity index (χ2n) is 20.5. The normalized spacial score (nSPS) is 21.3. The molecule has 76 heavy (non-hydrogen) atoms. The molecule has 15 nitrogen and oxygen atoms in total. The van der Waals surface area contributed by atoms with Crippen LogP contribution in [0.3, 0.4) is 0 Å². The number of allylic oxidation sites excluding steroid dienone is 1. The van der Waals surface area contributed by atoms with Crippen LogP contribution in [0.25, 0.3) is 5.57 Å². The molecule has 4 aromatic carbocycles. The zero-order valence-corrected chi connectivity index (χ0v) is 46.0. The smallest absolute Gasteiger partial charge is 0.465 e. The molecule has 22 heteroatoms. The first-order valence-corrected chi connectivity index (χ1v) is 30.0. The number of nitrogens with zero attached hydrogens (tertiary/aromatic N) is 5. The number of sulfone groups is 1. The third-order valence-electron chi connectivity index (χ3n) is 14.8. The molecule has 3 N–H and O–H groups in total. The van der Waals surface area contributed by atoms with Gasteiger partial charge in [0.2, 0.25) is 0 Å². The first-order chi connectivity index (χ1) is 36.2. The first kappa shape index (κ1) is 57.3. The first-order valence-electron chi connectivity index (χ1n) is 25.7. The number of hydrogen-bond acceptors (Lipinski definition) is 13. The number of anilines is 2. The monoisotopic (exact) mass is 1130 g/mol. The van der Waals surface area contributed by atoms with Gasteiger partial charge in [-0.2, -0.15) is 13.2 Å². The van der Waals surface area contributed by atoms with Crippen molar-refractivity contribution >= 4 is 72.2 Å². The van der Waals surface area contributed by atoms with E-state index in [1.54, 1.807) is 12.1 Å². The van der Waals surface area contributed by atoms with Gasteiger partial charge in [-0.25, -0.2) is 26.4 Å². The molecule has 0 radical (unpaired) electrons. The molecule has 3 saturated heterocycles. The summed E-state index contributed by atoms with van der Waals surface area (Å²) < 4.78 is 104. The van der Waals surface area contributed by atoms with Gasteiger partial charge in [-0.05, 0) is 122 Å². The Bertz CT molecular complexity index is 2910. The van der Waals surface area contributed by atoms with E-state index in [0.29, 0.717) is 82.3 Å². The maximum Gasteiger partial charge on any atom is 0.501 e. The predicted molar refractivity (Wildman–Crippen MR) is 291 cm³/mol. The van der Waals surface area contributed by atoms with E-state index in [4.69, 9.17) is 16.3 Å². The molecule has 3 aliphatic heterocycles. The summed E-state index contributed by atoms with van der Waals surface area (Å²) in [5.74, 6) is -0.688. The van der Waals surface area contributed by atoms with E-state index in [2.05, 4.69) is 44.0 Å². The van der Waals surface area contributed by atoms with E-state index >= 15 is 0 Å². The lowest BCUT2D eigenvalue weighted by molar-refractivity contribution is -0.0436. The van der Waals surface area contributed by atoms with Gasteiger partial charge in [-0.3, -0.25) is 14.6 Å². The number of carbonyl (C=O) groups excluding carboxylic acids is 1. The van der Waals surface area contributed by atoms with E-state index < -0.39 is 58.9 Å². The fraction of sp³-hybridized carbons (Fsp3) is 0.481. The van der Waals surface area contributed by atoms with Gasteiger partial charge in [-0.15, -0.1) is 11.8 Å². The third-order valence-corrected chi connectivity index (χ3v) is 19.1. The summed E-state index contributed by atoms with van der Waals surface area (Å²) in [7, 11) is -11.0. The Morgan fingerprint density at radius 3 is 2.26 bits per heavy atom. The van der Waals surface area contributed by atoms with Crippen LogP contribution in [-0.4, -0.2) is 169 Å². The molecular weight excluding hydrogens is 1060 g/mol. The summed E-state index contributed by atoms with van der Waals surface area (Å²) in [6.07, 6.45) is 3.18. The largest absolute Gasteiger partial charge is 0.501 e. The summed E-state index contributed by atoms with van der Waals surface area (Å²) in [5, 5.41) is 13.3. The van der Waals surface area contributed by atoms with Gasteiger partial charge in [0, 0.05) is 124 Å². The number of nitrogens with one attached hydrogen (secondary N) is 2. The number of hydrogen-bond donors (Lipinski definition) is 3. The third kappa shape index (κ3) is 14.6. The van der Waals surface area contributed by atoms with Crippen molar-refractivity contribution in [2.75, 3.05) is 108 Å². The number of piperazine rings is 2. The molecule has 0 spiro atoms. The summed E-state index contributed by atoms with van der Waals surface area (Å²) in [5.41, 5.74) is -1.51. The Balaban J connectivity index is 0.916. The van der Waals surface area contributed by atoms with Gasteiger partial charge < -0.3 is 29.9 Å². The predicted octanol–water partition coefficient (Wildman–Crippen LogP) is 8.89. The summed E-state index contributed by atoms with van der Waals surface area (Å²) in [6.45, 7) is 13.9. The molecule has 0 bridgehead atoms. The van der Waals surface area contributed by atoms with Crippen molar-refractivity contribution in [1.82, 2.24) is 24.3 Å². The molecule has 4 aliphatic rings. The van der Waals surface area contributed by atoms with Crippen LogP contribution in [0.1, 0.15) is 61.9 Å². The van der Waals surface area contributed by atoms with Crippen LogP contribution < -0.4 is 14.9 Å². The highest BCUT2D eigenvalue weighted by Gasteiger charge is 2.49. The van der Waals surface area contributed by atoms with E-state index in [1.165, 1.54) is 39.9 Å². The molecule has 0 saturated carbocycles. The molecule has 3 fully saturated rings. The van der Waals surface area contributed by atoms with Gasteiger partial charge in [0.15, 0.2) is 0 Å². The molecule has 1 unspecified atom stereocenters. The Kier molecular flexibility index (Phi) is 18.7. The van der Waals surface area contributed by atoms with Gasteiger partial charge in [0.05, 0.1) is 17.2 Å². The minimum atomic E-state index is -6.08. The number of ether oxygens (including phenoxy) is 1. The van der Waals surface area contributed by atoms with E-state index in [-0.39, 0.29) is 17.0 Å². The van der Waals surface area contributed by atoms with Crippen LogP contribution >= 0.6 is 23.4 Å². The van der Waals surface area contributed by atoms with Crippen molar-refractivity contribution in [3.05, 3.63) is 119 Å². The van der Waals surface area contributed by atoms with Crippen LogP contribution in [0.4, 0.5) is 29.3 Å². The Labute approximate surface area is 453 Å². The number of sulfonamides is 1. The van der Waals surface area contributed by atoms with E-state index in [9.17, 15) is 44.7 Å². The Hall–Kier alpha value is -4.87. The van der Waals surface area contributed by atoms with E-state index in [1.807, 2.05) is 54.1 Å². The summed E-state index contributed by atoms with van der Waals surface area (Å²) >= 11 is 7.74. The van der Waals surface area contributed by atoms with Crippen molar-refractivity contribution < 1.29 is 49.4 Å². The maximum absolute atomic E-state index is 14.3. The number of alkyl halides is 3. The quantitative estimate of drug-likeness (QED) is 0.0807. The minimum absolute atomic E-state index is 0.000417. The lowest BCUT2D eigenvalue weighted by atomic mass is 9.71. The lowest BCUT2D eigenvalue weighted by Crippen LogP contribution is -2.55. The van der Waals surface area contributed by atoms with Crippen LogP contribution in [0.5, 0.6) is 0 Å². The van der Waals surface area contributed by atoms with Crippen LogP contribution in [0, 0.1) is 5.41 Å². The highest BCUT2D eigenvalue weighted by molar-refractivity contribution is 7.99. The van der Waals surface area contributed by atoms with Crippen molar-refractivity contribution in [3.8, 4) is 0 Å². The summed E-state index contributed by atoms with van der Waals surface area (Å²) in [4.78, 5) is 34.8. The molecule has 0 aromatic heterocycles. The van der Waals surface area contributed by atoms with Gasteiger partial charge in [-0.1, -0.05) is 54.4 Å². The van der Waals surface area contributed by atoms with Gasteiger partial charge in [0.1, 0.15) is 4.90 Å². The Morgan fingerprint density at radius 2 is 1.58 bits per heavy atom. The van der Waals surface area contributed by atoms with Crippen LogP contribution in [-0.2, 0) is 24.6 Å². The van der Waals surface area contributed by atoms with Crippen molar-refractivity contribution in [2.24, 2.45) is 5.41 Å². The molecule has 2 amide bonds. The van der Waals surface area contributed by atoms with Crippen LogP contribution in [0.2, 0.25) is 5.02 Å². The topological polar surface area (TPSA) is 172 Å². The number of thioether (sulfide) groups is 1. The number of amides is 2. The molecule has 4 aromatic rings. The van der Waals surface area contributed by atoms with Crippen molar-refractivity contribution in [1.29, 1.82) is 0 Å². The molecule has 3 heterocycles. The lowest BCUT2D eigenvalue weighted by Gasteiger charge is -2.45. The fourth-order valence-electron chi connectivity index (χ4n) is 10.7. The molecule has 8 rings (SSSR count). The van der Waals surface area contributed by atoms with Gasteiger partial charge >= 0.3 is 11.6 Å². The highest BCUT2D eigenvalue weighted by Crippen LogP contribution is 2.44.